The van der Waals surface area contributed by atoms with Crippen molar-refractivity contribution in [3.63, 3.8) is 0 Å². The number of carbonyl (C=O) groups excluding carboxylic acids is 1. The fourth-order valence-corrected chi connectivity index (χ4v) is 2.93. The smallest absolute Gasteiger partial charge is 0.152 e. The summed E-state index contributed by atoms with van der Waals surface area (Å²) in [7, 11) is 0. The highest BCUT2D eigenvalue weighted by Crippen LogP contribution is 2.48. The molecule has 0 amide bonds. The first-order chi connectivity index (χ1) is 5.68. The summed E-state index contributed by atoms with van der Waals surface area (Å²) in [6, 6.07) is -0.241. The summed E-state index contributed by atoms with van der Waals surface area (Å²) >= 11 is 0. The van der Waals surface area contributed by atoms with Crippen LogP contribution in [0.2, 0.25) is 0 Å². The van der Waals surface area contributed by atoms with E-state index in [2.05, 4.69) is 0 Å². The van der Waals surface area contributed by atoms with Crippen LogP contribution in [0.4, 0.5) is 0 Å². The van der Waals surface area contributed by atoms with Crippen molar-refractivity contribution in [1.82, 2.24) is 0 Å². The minimum atomic E-state index is -0.241. The van der Waals surface area contributed by atoms with Crippen molar-refractivity contribution < 1.29 is 4.79 Å². The molecule has 4 atom stereocenters. The number of Topliss-reactive ketones (excluding diaryl/α,β-unsaturated/α-hetero) is 1. The molecule has 2 bridgehead atoms. The highest BCUT2D eigenvalue weighted by atomic mass is 16.1. The van der Waals surface area contributed by atoms with Gasteiger partial charge in [-0.05, 0) is 38.0 Å². The van der Waals surface area contributed by atoms with Crippen LogP contribution in [-0.2, 0) is 4.79 Å². The van der Waals surface area contributed by atoms with Crippen LogP contribution in [-0.4, -0.2) is 11.8 Å². The molecule has 2 aliphatic carbocycles. The lowest BCUT2D eigenvalue weighted by atomic mass is 9.84. The number of hydrogen-bond donors (Lipinski definition) is 1. The number of hydrogen-bond acceptors (Lipinski definition) is 2. The van der Waals surface area contributed by atoms with Crippen molar-refractivity contribution in [2.45, 2.75) is 38.6 Å². The van der Waals surface area contributed by atoms with Crippen LogP contribution in [0.15, 0.2) is 0 Å². The fraction of sp³-hybridized carbons (Fsp3) is 0.900. The van der Waals surface area contributed by atoms with E-state index >= 15 is 0 Å². The van der Waals surface area contributed by atoms with Gasteiger partial charge in [-0.3, -0.25) is 4.79 Å². The Balaban J connectivity index is 2.02. The van der Waals surface area contributed by atoms with Gasteiger partial charge < -0.3 is 5.73 Å². The average molecular weight is 167 g/mol. The summed E-state index contributed by atoms with van der Waals surface area (Å²) in [5, 5.41) is 0. The molecule has 0 radical (unpaired) electrons. The van der Waals surface area contributed by atoms with Crippen LogP contribution in [0.25, 0.3) is 0 Å². The van der Waals surface area contributed by atoms with E-state index < -0.39 is 0 Å². The first kappa shape index (κ1) is 8.24. The van der Waals surface area contributed by atoms with E-state index in [1.165, 1.54) is 19.3 Å². The zero-order valence-corrected chi connectivity index (χ0v) is 7.62. The Morgan fingerprint density at radius 2 is 2.17 bits per heavy atom. The summed E-state index contributed by atoms with van der Waals surface area (Å²) in [4.78, 5) is 11.6. The molecule has 0 aromatic heterocycles. The van der Waals surface area contributed by atoms with Crippen molar-refractivity contribution in [1.29, 1.82) is 0 Å². The SMILES string of the molecule is CC(N)C(=O)C1CC2CCC1C2. The van der Waals surface area contributed by atoms with Gasteiger partial charge in [-0.1, -0.05) is 6.42 Å². The first-order valence-corrected chi connectivity index (χ1v) is 4.97. The van der Waals surface area contributed by atoms with E-state index in [-0.39, 0.29) is 6.04 Å². The largest absolute Gasteiger partial charge is 0.322 e. The minimum Gasteiger partial charge on any atom is -0.322 e. The van der Waals surface area contributed by atoms with Gasteiger partial charge in [-0.15, -0.1) is 0 Å². The topological polar surface area (TPSA) is 43.1 Å². The molecule has 4 unspecified atom stereocenters. The molecule has 0 aromatic rings. The van der Waals surface area contributed by atoms with Crippen LogP contribution in [0.1, 0.15) is 32.6 Å². The molecule has 2 rings (SSSR count). The molecule has 2 saturated carbocycles. The number of fused-ring (bicyclic) bond motifs is 2. The van der Waals surface area contributed by atoms with Gasteiger partial charge in [-0.25, -0.2) is 0 Å². The van der Waals surface area contributed by atoms with E-state index in [0.29, 0.717) is 17.6 Å². The van der Waals surface area contributed by atoms with Crippen LogP contribution in [0.3, 0.4) is 0 Å². The number of ketones is 1. The van der Waals surface area contributed by atoms with Gasteiger partial charge in [0.15, 0.2) is 5.78 Å². The molecule has 68 valence electrons. The number of rotatable bonds is 2. The van der Waals surface area contributed by atoms with Gasteiger partial charge in [0.25, 0.3) is 0 Å². The standard InChI is InChI=1S/C10H17NO/c1-6(11)10(12)9-5-7-2-3-8(9)4-7/h6-9H,2-5,11H2,1H3. The van der Waals surface area contributed by atoms with Gasteiger partial charge in [0.2, 0.25) is 0 Å². The molecular weight excluding hydrogens is 150 g/mol. The summed E-state index contributed by atoms with van der Waals surface area (Å²) < 4.78 is 0. The molecule has 0 aromatic carbocycles. The molecule has 12 heavy (non-hydrogen) atoms. The normalized spacial score (nSPS) is 41.7. The Morgan fingerprint density at radius 3 is 2.58 bits per heavy atom. The second-order valence-corrected chi connectivity index (χ2v) is 4.47. The van der Waals surface area contributed by atoms with E-state index in [1.54, 1.807) is 0 Å². The summed E-state index contributed by atoms with van der Waals surface area (Å²) in [5.41, 5.74) is 5.60. The van der Waals surface area contributed by atoms with Crippen molar-refractivity contribution >= 4 is 5.78 Å². The number of carbonyl (C=O) groups is 1. The Morgan fingerprint density at radius 1 is 1.42 bits per heavy atom. The van der Waals surface area contributed by atoms with Crippen LogP contribution >= 0.6 is 0 Å². The Hall–Kier alpha value is -0.370. The highest BCUT2D eigenvalue weighted by molar-refractivity contribution is 5.86. The molecule has 0 spiro atoms. The lowest BCUT2D eigenvalue weighted by Crippen LogP contribution is -2.35. The highest BCUT2D eigenvalue weighted by Gasteiger charge is 2.43. The average Bonchev–Trinajstić information content (AvgIpc) is 2.62. The molecular formula is C10H17NO. The first-order valence-electron chi connectivity index (χ1n) is 4.97. The predicted octanol–water partition coefficient (Wildman–Crippen LogP) is 1.34. The third kappa shape index (κ3) is 1.18. The maximum Gasteiger partial charge on any atom is 0.152 e. The second-order valence-electron chi connectivity index (χ2n) is 4.47. The molecule has 2 heteroatoms. The summed E-state index contributed by atoms with van der Waals surface area (Å²) in [6.45, 7) is 1.81. The van der Waals surface area contributed by atoms with Gasteiger partial charge >= 0.3 is 0 Å². The third-order valence-electron chi connectivity index (χ3n) is 3.55. The van der Waals surface area contributed by atoms with Gasteiger partial charge in [0.05, 0.1) is 6.04 Å². The molecule has 2 fully saturated rings. The van der Waals surface area contributed by atoms with Gasteiger partial charge in [0.1, 0.15) is 0 Å². The molecule has 0 aliphatic heterocycles. The lowest BCUT2D eigenvalue weighted by Gasteiger charge is -2.21. The Kier molecular flexibility index (Phi) is 1.95. The molecule has 0 heterocycles. The maximum atomic E-state index is 11.6. The van der Waals surface area contributed by atoms with E-state index in [4.69, 9.17) is 5.73 Å². The van der Waals surface area contributed by atoms with Crippen LogP contribution in [0.5, 0.6) is 0 Å². The van der Waals surface area contributed by atoms with Crippen molar-refractivity contribution in [3.05, 3.63) is 0 Å². The zero-order chi connectivity index (χ0) is 8.72. The Bertz CT molecular complexity index is 200. The second kappa shape index (κ2) is 2.84. The van der Waals surface area contributed by atoms with Gasteiger partial charge in [-0.2, -0.15) is 0 Å². The zero-order valence-electron chi connectivity index (χ0n) is 7.62. The number of nitrogens with two attached hydrogens (primary N) is 1. The lowest BCUT2D eigenvalue weighted by molar-refractivity contribution is -0.125. The predicted molar refractivity (Wildman–Crippen MR) is 47.6 cm³/mol. The quantitative estimate of drug-likeness (QED) is 0.674. The van der Waals surface area contributed by atoms with Crippen LogP contribution in [0, 0.1) is 17.8 Å². The van der Waals surface area contributed by atoms with Crippen molar-refractivity contribution in [3.8, 4) is 0 Å². The van der Waals surface area contributed by atoms with Crippen molar-refractivity contribution in [2.75, 3.05) is 0 Å². The Labute approximate surface area is 73.5 Å². The minimum absolute atomic E-state index is 0.241. The summed E-state index contributed by atoms with van der Waals surface area (Å²) in [5.74, 6) is 2.17. The van der Waals surface area contributed by atoms with E-state index in [9.17, 15) is 4.79 Å². The molecule has 2 nitrogen and oxygen atoms in total. The van der Waals surface area contributed by atoms with E-state index in [0.717, 1.165) is 12.3 Å². The summed E-state index contributed by atoms with van der Waals surface area (Å²) in [6.07, 6.45) is 5.05. The molecule has 0 saturated heterocycles. The third-order valence-corrected chi connectivity index (χ3v) is 3.55. The molecule has 2 N–H and O–H groups in total. The monoisotopic (exact) mass is 167 g/mol. The van der Waals surface area contributed by atoms with Crippen molar-refractivity contribution in [2.24, 2.45) is 23.5 Å². The maximum absolute atomic E-state index is 11.6. The van der Waals surface area contributed by atoms with Crippen LogP contribution < -0.4 is 5.73 Å². The van der Waals surface area contributed by atoms with E-state index in [1.807, 2.05) is 6.92 Å². The molecule has 2 aliphatic rings. The van der Waals surface area contributed by atoms with Gasteiger partial charge in [0, 0.05) is 5.92 Å². The fourth-order valence-electron chi connectivity index (χ4n) is 2.93.